The molecule has 7 nitrogen and oxygen atoms in total. The average molecular weight is 430 g/mol. The van der Waals surface area contributed by atoms with Gasteiger partial charge in [0.2, 0.25) is 17.8 Å². The molecule has 2 aliphatic heterocycles. The summed E-state index contributed by atoms with van der Waals surface area (Å²) in [6.45, 7) is 2.27. The fraction of sp³-hybridized carbons (Fsp3) is 0.286. The molecule has 2 aliphatic rings. The monoisotopic (exact) mass is 429 g/mol. The van der Waals surface area contributed by atoms with E-state index < -0.39 is 6.04 Å². The van der Waals surface area contributed by atoms with Crippen LogP contribution in [0.2, 0.25) is 5.02 Å². The van der Waals surface area contributed by atoms with Gasteiger partial charge in [0.25, 0.3) is 0 Å². The standard InChI is InChI=1S/C21H21ClFN5O2/c22-14-5-7-15(8-6-14)24-20(30)17-13-19(29)26-21(25-17)28-11-9-27(10-12-28)18-4-2-1-3-16(18)23/h1-8,17H,9-13H2,(H,24,30)(H,25,26,29)/t17-/m0/s1. The molecular weight excluding hydrogens is 409 g/mol. The number of anilines is 2. The summed E-state index contributed by atoms with van der Waals surface area (Å²) in [7, 11) is 0. The molecule has 0 bridgehead atoms. The lowest BCUT2D eigenvalue weighted by Crippen LogP contribution is -2.56. The largest absolute Gasteiger partial charge is 0.366 e. The summed E-state index contributed by atoms with van der Waals surface area (Å²) in [4.78, 5) is 33.1. The molecule has 0 unspecified atom stereocenters. The SMILES string of the molecule is O=C1C[C@@H](C(=O)Nc2ccc(Cl)cc2)N=C(N2CCN(c3ccccc3F)CC2)N1. The Hall–Kier alpha value is -3.13. The molecule has 1 fully saturated rings. The highest BCUT2D eigenvalue weighted by Crippen LogP contribution is 2.21. The number of hydrogen-bond acceptors (Lipinski definition) is 5. The van der Waals surface area contributed by atoms with Crippen LogP contribution in [0.3, 0.4) is 0 Å². The van der Waals surface area contributed by atoms with Gasteiger partial charge < -0.3 is 15.1 Å². The number of amides is 2. The summed E-state index contributed by atoms with van der Waals surface area (Å²) in [5.74, 6) is -0.480. The average Bonchev–Trinajstić information content (AvgIpc) is 2.75. The summed E-state index contributed by atoms with van der Waals surface area (Å²) in [5, 5.41) is 6.09. The number of hydrogen-bond donors (Lipinski definition) is 2. The van der Waals surface area contributed by atoms with Crippen LogP contribution in [0.25, 0.3) is 0 Å². The molecule has 2 N–H and O–H groups in total. The number of para-hydroxylation sites is 1. The van der Waals surface area contributed by atoms with Crippen LogP contribution in [-0.4, -0.2) is 54.9 Å². The molecule has 4 rings (SSSR count). The van der Waals surface area contributed by atoms with Crippen molar-refractivity contribution in [3.63, 3.8) is 0 Å². The van der Waals surface area contributed by atoms with Gasteiger partial charge in [-0.25, -0.2) is 9.38 Å². The Morgan fingerprint density at radius 2 is 1.73 bits per heavy atom. The van der Waals surface area contributed by atoms with Gasteiger partial charge in [0, 0.05) is 36.9 Å². The van der Waals surface area contributed by atoms with Crippen molar-refractivity contribution in [2.75, 3.05) is 36.4 Å². The zero-order chi connectivity index (χ0) is 21.1. The van der Waals surface area contributed by atoms with Crippen molar-refractivity contribution < 1.29 is 14.0 Å². The van der Waals surface area contributed by atoms with E-state index in [-0.39, 0.29) is 24.1 Å². The Kier molecular flexibility index (Phi) is 5.85. The van der Waals surface area contributed by atoms with Gasteiger partial charge >= 0.3 is 0 Å². The van der Waals surface area contributed by atoms with E-state index in [1.165, 1.54) is 6.07 Å². The van der Waals surface area contributed by atoms with E-state index in [0.29, 0.717) is 48.5 Å². The van der Waals surface area contributed by atoms with E-state index in [4.69, 9.17) is 11.6 Å². The van der Waals surface area contributed by atoms with Crippen LogP contribution in [0.4, 0.5) is 15.8 Å². The molecule has 1 atom stereocenters. The maximum absolute atomic E-state index is 14.0. The second kappa shape index (κ2) is 8.71. The van der Waals surface area contributed by atoms with E-state index in [1.54, 1.807) is 42.5 Å². The van der Waals surface area contributed by atoms with Crippen LogP contribution >= 0.6 is 11.6 Å². The van der Waals surface area contributed by atoms with Crippen LogP contribution in [0.1, 0.15) is 6.42 Å². The molecule has 0 aliphatic carbocycles. The van der Waals surface area contributed by atoms with Crippen LogP contribution in [0.5, 0.6) is 0 Å². The Labute approximate surface area is 178 Å². The second-order valence-electron chi connectivity index (χ2n) is 7.14. The quantitative estimate of drug-likeness (QED) is 0.786. The van der Waals surface area contributed by atoms with Crippen LogP contribution in [-0.2, 0) is 9.59 Å². The predicted octanol–water partition coefficient (Wildman–Crippen LogP) is 2.48. The topological polar surface area (TPSA) is 77.0 Å². The molecule has 2 aromatic rings. The third kappa shape index (κ3) is 4.54. The fourth-order valence-corrected chi connectivity index (χ4v) is 3.64. The number of halogens is 2. The van der Waals surface area contributed by atoms with Gasteiger partial charge in [-0.15, -0.1) is 0 Å². The van der Waals surface area contributed by atoms with E-state index in [0.717, 1.165) is 0 Å². The molecule has 2 amide bonds. The summed E-state index contributed by atoms with van der Waals surface area (Å²) in [5.41, 5.74) is 1.15. The minimum Gasteiger partial charge on any atom is -0.366 e. The summed E-state index contributed by atoms with van der Waals surface area (Å²) < 4.78 is 14.0. The maximum Gasteiger partial charge on any atom is 0.249 e. The number of rotatable bonds is 3. The third-order valence-electron chi connectivity index (χ3n) is 5.09. The van der Waals surface area contributed by atoms with Gasteiger partial charge in [-0.1, -0.05) is 23.7 Å². The Bertz CT molecular complexity index is 974. The van der Waals surface area contributed by atoms with Gasteiger partial charge in [-0.05, 0) is 36.4 Å². The normalized spacial score (nSPS) is 19.2. The van der Waals surface area contributed by atoms with E-state index >= 15 is 0 Å². The summed E-state index contributed by atoms with van der Waals surface area (Å²) in [6.07, 6.45) is -0.0158. The second-order valence-corrected chi connectivity index (χ2v) is 7.58. The van der Waals surface area contributed by atoms with Crippen molar-refractivity contribution >= 4 is 40.7 Å². The van der Waals surface area contributed by atoms with Crippen molar-refractivity contribution in [3.05, 3.63) is 59.4 Å². The van der Waals surface area contributed by atoms with Crippen LogP contribution in [0, 0.1) is 5.82 Å². The first-order chi connectivity index (χ1) is 14.5. The molecule has 0 aromatic heterocycles. The zero-order valence-corrected chi connectivity index (χ0v) is 16.9. The van der Waals surface area contributed by atoms with Crippen molar-refractivity contribution in [2.24, 2.45) is 4.99 Å². The first-order valence-electron chi connectivity index (χ1n) is 9.68. The van der Waals surface area contributed by atoms with Gasteiger partial charge in [0.1, 0.15) is 11.9 Å². The van der Waals surface area contributed by atoms with Gasteiger partial charge in [-0.2, -0.15) is 0 Å². The number of carbonyl (C=O) groups is 2. The smallest absolute Gasteiger partial charge is 0.249 e. The number of nitrogens with zero attached hydrogens (tertiary/aromatic N) is 3. The molecule has 30 heavy (non-hydrogen) atoms. The number of nitrogens with one attached hydrogen (secondary N) is 2. The molecule has 9 heteroatoms. The van der Waals surface area contributed by atoms with Crippen molar-refractivity contribution in [3.8, 4) is 0 Å². The van der Waals surface area contributed by atoms with Crippen molar-refractivity contribution in [2.45, 2.75) is 12.5 Å². The van der Waals surface area contributed by atoms with Crippen molar-refractivity contribution in [1.82, 2.24) is 10.2 Å². The molecular formula is C21H21ClFN5O2. The minimum atomic E-state index is -0.811. The minimum absolute atomic E-state index is 0.0158. The van der Waals surface area contributed by atoms with Gasteiger partial charge in [0.15, 0.2) is 0 Å². The van der Waals surface area contributed by atoms with Crippen LogP contribution in [0.15, 0.2) is 53.5 Å². The molecule has 0 radical (unpaired) electrons. The third-order valence-corrected chi connectivity index (χ3v) is 5.35. The van der Waals surface area contributed by atoms with Crippen LogP contribution < -0.4 is 15.5 Å². The number of carbonyl (C=O) groups excluding carboxylic acids is 2. The number of guanidine groups is 1. The Morgan fingerprint density at radius 1 is 1.07 bits per heavy atom. The highest BCUT2D eigenvalue weighted by molar-refractivity contribution is 6.30. The molecule has 0 saturated carbocycles. The Morgan fingerprint density at radius 3 is 2.43 bits per heavy atom. The zero-order valence-electron chi connectivity index (χ0n) is 16.1. The number of piperazine rings is 1. The van der Waals surface area contributed by atoms with Crippen molar-refractivity contribution in [1.29, 1.82) is 0 Å². The molecule has 2 heterocycles. The molecule has 2 aromatic carbocycles. The lowest BCUT2D eigenvalue weighted by atomic mass is 10.1. The first-order valence-corrected chi connectivity index (χ1v) is 10.1. The Balaban J connectivity index is 1.41. The summed E-state index contributed by atoms with van der Waals surface area (Å²) in [6, 6.07) is 12.6. The number of aliphatic imine (C=N–C) groups is 1. The van der Waals surface area contributed by atoms with E-state index in [2.05, 4.69) is 15.6 Å². The van der Waals surface area contributed by atoms with Gasteiger partial charge in [-0.3, -0.25) is 14.9 Å². The maximum atomic E-state index is 14.0. The first kappa shape index (κ1) is 20.2. The predicted molar refractivity (Wildman–Crippen MR) is 114 cm³/mol. The van der Waals surface area contributed by atoms with E-state index in [1.807, 2.05) is 9.80 Å². The fourth-order valence-electron chi connectivity index (χ4n) is 3.52. The number of benzene rings is 2. The molecule has 0 spiro atoms. The van der Waals surface area contributed by atoms with E-state index in [9.17, 15) is 14.0 Å². The lowest BCUT2D eigenvalue weighted by Gasteiger charge is -2.38. The lowest BCUT2D eigenvalue weighted by molar-refractivity contribution is -0.125. The highest BCUT2D eigenvalue weighted by Gasteiger charge is 2.31. The molecule has 156 valence electrons. The summed E-state index contributed by atoms with van der Waals surface area (Å²) >= 11 is 5.86. The highest BCUT2D eigenvalue weighted by atomic mass is 35.5. The van der Waals surface area contributed by atoms with Gasteiger partial charge in [0.05, 0.1) is 12.1 Å². The molecule has 1 saturated heterocycles.